The molecule has 0 atom stereocenters. The topological polar surface area (TPSA) is 54.2 Å². The van der Waals surface area contributed by atoms with Crippen molar-refractivity contribution in [2.45, 2.75) is 13.5 Å². The smallest absolute Gasteiger partial charge is 0.191 e. The number of aliphatic imine (C=N–C) groups is 1. The molecule has 1 heterocycles. The standard InChI is InChI=1S/C11H19N5.HI/c1-4-7-13-11(12-5-2)14-9-10-6-8-15-16(10)3;/h4,6,8H,1,5,7,9H2,2-3H3,(H2,12,13,14);1H. The third-order valence-corrected chi connectivity index (χ3v) is 2.08. The van der Waals surface area contributed by atoms with Crippen molar-refractivity contribution in [1.29, 1.82) is 0 Å². The number of aryl methyl sites for hydroxylation is 1. The maximum Gasteiger partial charge on any atom is 0.191 e. The van der Waals surface area contributed by atoms with Crippen molar-refractivity contribution in [2.75, 3.05) is 13.1 Å². The molecule has 0 aliphatic heterocycles. The van der Waals surface area contributed by atoms with Crippen molar-refractivity contribution in [3.8, 4) is 0 Å². The Balaban J connectivity index is 0.00000256. The van der Waals surface area contributed by atoms with Crippen LogP contribution in [0.1, 0.15) is 12.6 Å². The Bertz CT molecular complexity index is 358. The van der Waals surface area contributed by atoms with Crippen LogP contribution in [0.5, 0.6) is 0 Å². The average molecular weight is 349 g/mol. The number of rotatable bonds is 5. The summed E-state index contributed by atoms with van der Waals surface area (Å²) in [4.78, 5) is 4.44. The van der Waals surface area contributed by atoms with E-state index in [1.807, 2.05) is 24.7 Å². The lowest BCUT2D eigenvalue weighted by atomic mass is 10.4. The minimum atomic E-state index is 0. The maximum atomic E-state index is 4.44. The number of nitrogens with one attached hydrogen (secondary N) is 2. The van der Waals surface area contributed by atoms with Crippen molar-refractivity contribution in [2.24, 2.45) is 12.0 Å². The molecule has 1 rings (SSSR count). The van der Waals surface area contributed by atoms with Gasteiger partial charge in [-0.1, -0.05) is 6.08 Å². The first-order chi connectivity index (χ1) is 7.77. The van der Waals surface area contributed by atoms with E-state index in [-0.39, 0.29) is 24.0 Å². The molecule has 0 spiro atoms. The highest BCUT2D eigenvalue weighted by atomic mass is 127. The summed E-state index contributed by atoms with van der Waals surface area (Å²) in [5.41, 5.74) is 1.08. The van der Waals surface area contributed by atoms with Gasteiger partial charge in [0.25, 0.3) is 0 Å². The zero-order valence-electron chi connectivity index (χ0n) is 10.3. The minimum absolute atomic E-state index is 0. The van der Waals surface area contributed by atoms with Crippen LogP contribution in [0.25, 0.3) is 0 Å². The Morgan fingerprint density at radius 2 is 2.35 bits per heavy atom. The Labute approximate surface area is 119 Å². The Kier molecular flexibility index (Phi) is 8.47. The number of guanidine groups is 1. The average Bonchev–Trinajstić information content (AvgIpc) is 2.68. The van der Waals surface area contributed by atoms with E-state index in [4.69, 9.17) is 0 Å². The van der Waals surface area contributed by atoms with Crippen molar-refractivity contribution in [1.82, 2.24) is 20.4 Å². The SMILES string of the molecule is C=CCNC(=NCc1ccnn1C)NCC.I. The summed E-state index contributed by atoms with van der Waals surface area (Å²) >= 11 is 0. The van der Waals surface area contributed by atoms with Gasteiger partial charge in [-0.05, 0) is 13.0 Å². The van der Waals surface area contributed by atoms with E-state index in [2.05, 4.69) is 27.3 Å². The summed E-state index contributed by atoms with van der Waals surface area (Å²) in [7, 11) is 1.91. The van der Waals surface area contributed by atoms with Gasteiger partial charge in [0.15, 0.2) is 5.96 Å². The first-order valence-electron chi connectivity index (χ1n) is 5.38. The quantitative estimate of drug-likeness (QED) is 0.365. The Morgan fingerprint density at radius 3 is 2.88 bits per heavy atom. The summed E-state index contributed by atoms with van der Waals surface area (Å²) in [6.07, 6.45) is 3.58. The van der Waals surface area contributed by atoms with Crippen molar-refractivity contribution in [3.63, 3.8) is 0 Å². The van der Waals surface area contributed by atoms with E-state index < -0.39 is 0 Å². The molecule has 0 radical (unpaired) electrons. The fourth-order valence-electron chi connectivity index (χ4n) is 1.23. The Morgan fingerprint density at radius 1 is 1.59 bits per heavy atom. The number of nitrogens with zero attached hydrogens (tertiary/aromatic N) is 3. The molecule has 1 aromatic rings. The summed E-state index contributed by atoms with van der Waals surface area (Å²) in [5.74, 6) is 0.795. The molecule has 0 fully saturated rings. The van der Waals surface area contributed by atoms with Gasteiger partial charge in [0.2, 0.25) is 0 Å². The second-order valence-corrected chi connectivity index (χ2v) is 3.31. The molecule has 6 heteroatoms. The fraction of sp³-hybridized carbons (Fsp3) is 0.455. The zero-order chi connectivity index (χ0) is 11.8. The molecule has 96 valence electrons. The molecule has 0 bridgehead atoms. The molecule has 0 aliphatic carbocycles. The van der Waals surface area contributed by atoms with Crippen LogP contribution in [0.2, 0.25) is 0 Å². The van der Waals surface area contributed by atoms with E-state index in [1.165, 1.54) is 0 Å². The third-order valence-electron chi connectivity index (χ3n) is 2.08. The molecular formula is C11H20IN5. The van der Waals surface area contributed by atoms with Gasteiger partial charge in [0, 0.05) is 26.3 Å². The number of hydrogen-bond acceptors (Lipinski definition) is 2. The lowest BCUT2D eigenvalue weighted by Gasteiger charge is -2.09. The maximum absolute atomic E-state index is 4.44. The summed E-state index contributed by atoms with van der Waals surface area (Å²) in [6.45, 7) is 7.86. The molecule has 0 saturated carbocycles. The minimum Gasteiger partial charge on any atom is -0.357 e. The van der Waals surface area contributed by atoms with Crippen molar-refractivity contribution >= 4 is 29.9 Å². The summed E-state index contributed by atoms with van der Waals surface area (Å²) in [5, 5.41) is 10.4. The monoisotopic (exact) mass is 349 g/mol. The van der Waals surface area contributed by atoms with Gasteiger partial charge < -0.3 is 10.6 Å². The van der Waals surface area contributed by atoms with Gasteiger partial charge >= 0.3 is 0 Å². The molecule has 0 unspecified atom stereocenters. The molecule has 0 aromatic carbocycles. The highest BCUT2D eigenvalue weighted by Crippen LogP contribution is 1.97. The first kappa shape index (κ1) is 16.0. The zero-order valence-corrected chi connectivity index (χ0v) is 12.6. The number of hydrogen-bond donors (Lipinski definition) is 2. The molecule has 5 nitrogen and oxygen atoms in total. The number of aromatic nitrogens is 2. The largest absolute Gasteiger partial charge is 0.357 e. The number of halogens is 1. The molecule has 1 aromatic heterocycles. The van der Waals surface area contributed by atoms with E-state index >= 15 is 0 Å². The van der Waals surface area contributed by atoms with Gasteiger partial charge in [-0.3, -0.25) is 4.68 Å². The second-order valence-electron chi connectivity index (χ2n) is 3.31. The summed E-state index contributed by atoms with van der Waals surface area (Å²) in [6, 6.07) is 1.96. The second kappa shape index (κ2) is 9.03. The van der Waals surface area contributed by atoms with Crippen LogP contribution in [-0.2, 0) is 13.6 Å². The molecule has 0 aliphatic rings. The van der Waals surface area contributed by atoms with Gasteiger partial charge in [-0.25, -0.2) is 4.99 Å². The highest BCUT2D eigenvalue weighted by Gasteiger charge is 1.98. The lowest BCUT2D eigenvalue weighted by molar-refractivity contribution is 0.709. The molecule has 2 N–H and O–H groups in total. The van der Waals surface area contributed by atoms with E-state index in [9.17, 15) is 0 Å². The van der Waals surface area contributed by atoms with Crippen LogP contribution < -0.4 is 10.6 Å². The molecule has 17 heavy (non-hydrogen) atoms. The van der Waals surface area contributed by atoms with Crippen molar-refractivity contribution < 1.29 is 0 Å². The molecule has 0 saturated heterocycles. The third kappa shape index (κ3) is 5.71. The normalized spacial score (nSPS) is 10.6. The van der Waals surface area contributed by atoms with Gasteiger partial charge in [0.1, 0.15) is 0 Å². The van der Waals surface area contributed by atoms with Gasteiger partial charge in [-0.2, -0.15) is 5.10 Å². The van der Waals surface area contributed by atoms with Crippen molar-refractivity contribution in [3.05, 3.63) is 30.6 Å². The molecular weight excluding hydrogens is 329 g/mol. The van der Waals surface area contributed by atoms with Crippen LogP contribution in [-0.4, -0.2) is 28.8 Å². The highest BCUT2D eigenvalue weighted by molar-refractivity contribution is 14.0. The van der Waals surface area contributed by atoms with Crippen LogP contribution in [0, 0.1) is 0 Å². The van der Waals surface area contributed by atoms with E-state index in [0.29, 0.717) is 13.1 Å². The predicted molar refractivity (Wildman–Crippen MR) is 81.6 cm³/mol. The van der Waals surface area contributed by atoms with E-state index in [0.717, 1.165) is 18.2 Å². The Hall–Kier alpha value is -1.05. The summed E-state index contributed by atoms with van der Waals surface area (Å²) < 4.78 is 1.82. The first-order valence-corrected chi connectivity index (χ1v) is 5.38. The van der Waals surface area contributed by atoms with Crippen LogP contribution in [0.4, 0.5) is 0 Å². The fourth-order valence-corrected chi connectivity index (χ4v) is 1.23. The van der Waals surface area contributed by atoms with E-state index in [1.54, 1.807) is 12.3 Å². The lowest BCUT2D eigenvalue weighted by Crippen LogP contribution is -2.37. The van der Waals surface area contributed by atoms with Crippen LogP contribution >= 0.6 is 24.0 Å². The van der Waals surface area contributed by atoms with Gasteiger partial charge in [-0.15, -0.1) is 30.6 Å². The van der Waals surface area contributed by atoms with Crippen LogP contribution in [0.3, 0.4) is 0 Å². The van der Waals surface area contributed by atoms with Gasteiger partial charge in [0.05, 0.1) is 12.2 Å². The van der Waals surface area contributed by atoms with Crippen LogP contribution in [0.15, 0.2) is 29.9 Å². The predicted octanol–water partition coefficient (Wildman–Crippen LogP) is 1.28. The molecule has 0 amide bonds.